The first-order valence-corrected chi connectivity index (χ1v) is 15.8. The molecule has 0 aromatic heterocycles. The van der Waals surface area contributed by atoms with Crippen molar-refractivity contribution in [2.45, 2.75) is 132 Å². The Morgan fingerprint density at radius 2 is 1.07 bits per heavy atom. The number of rotatable bonds is 14. The van der Waals surface area contributed by atoms with Crippen molar-refractivity contribution in [2.24, 2.45) is 21.7 Å². The number of carbonyl (C=O) groups excluding carboxylic acids is 4. The second kappa shape index (κ2) is 16.0. The summed E-state index contributed by atoms with van der Waals surface area (Å²) in [5.41, 5.74) is -0.256. The largest absolute Gasteiger partial charge is 0.463 e. The second-order valence-electron chi connectivity index (χ2n) is 14.7. The third-order valence-corrected chi connectivity index (χ3v) is 8.53. The van der Waals surface area contributed by atoms with E-state index in [1.54, 1.807) is 13.8 Å². The molecule has 0 radical (unpaired) electrons. The molecule has 11 heteroatoms. The molecular formula is C32H56N2O9. The number of amides is 2. The van der Waals surface area contributed by atoms with Gasteiger partial charge in [-0.15, -0.1) is 0 Å². The molecule has 2 aliphatic carbocycles. The van der Waals surface area contributed by atoms with Gasteiger partial charge < -0.3 is 24.8 Å². The van der Waals surface area contributed by atoms with Crippen LogP contribution >= 0.6 is 0 Å². The van der Waals surface area contributed by atoms with Crippen molar-refractivity contribution in [2.75, 3.05) is 26.4 Å². The zero-order chi connectivity index (χ0) is 32.3. The fourth-order valence-electron chi connectivity index (χ4n) is 7.75. The van der Waals surface area contributed by atoms with Crippen molar-refractivity contribution in [3.05, 3.63) is 0 Å². The molecule has 4 unspecified atom stereocenters. The lowest BCUT2D eigenvalue weighted by Crippen LogP contribution is -2.47. The maximum absolute atomic E-state index is 12.4. The van der Waals surface area contributed by atoms with Gasteiger partial charge in [-0.3, -0.25) is 9.68 Å². The van der Waals surface area contributed by atoms with E-state index in [1.165, 1.54) is 0 Å². The van der Waals surface area contributed by atoms with Crippen LogP contribution in [0.1, 0.15) is 120 Å². The zero-order valence-corrected chi connectivity index (χ0v) is 27.7. The van der Waals surface area contributed by atoms with E-state index in [9.17, 15) is 19.2 Å². The molecule has 0 aromatic rings. The summed E-state index contributed by atoms with van der Waals surface area (Å²) < 4.78 is 15.4. The summed E-state index contributed by atoms with van der Waals surface area (Å²) in [6, 6.07) is -0.0357. The average Bonchev–Trinajstić information content (AvgIpc) is 2.84. The normalized spacial score (nSPS) is 27.8. The van der Waals surface area contributed by atoms with E-state index in [2.05, 4.69) is 52.2 Å². The lowest BCUT2D eigenvalue weighted by molar-refractivity contribution is -0.276. The van der Waals surface area contributed by atoms with Gasteiger partial charge >= 0.3 is 24.1 Å². The van der Waals surface area contributed by atoms with E-state index in [-0.39, 0.29) is 65.8 Å². The summed E-state index contributed by atoms with van der Waals surface area (Å²) in [6.07, 6.45) is 5.92. The monoisotopic (exact) mass is 612 g/mol. The van der Waals surface area contributed by atoms with E-state index in [1.807, 2.05) is 0 Å². The molecule has 2 amide bonds. The maximum Gasteiger partial charge on any atom is 0.407 e. The summed E-state index contributed by atoms with van der Waals surface area (Å²) in [6.45, 7) is 17.1. The van der Waals surface area contributed by atoms with Crippen LogP contribution in [0.15, 0.2) is 0 Å². The van der Waals surface area contributed by atoms with E-state index >= 15 is 0 Å². The first-order chi connectivity index (χ1) is 20.0. The number of alkyl carbamates (subject to hydrolysis) is 2. The Kier molecular flexibility index (Phi) is 13.6. The van der Waals surface area contributed by atoms with Gasteiger partial charge in [0.05, 0.1) is 13.2 Å². The fraction of sp³-hybridized carbons (Fsp3) is 0.875. The van der Waals surface area contributed by atoms with Crippen molar-refractivity contribution < 1.29 is 43.2 Å². The minimum absolute atomic E-state index is 0.00723. The van der Waals surface area contributed by atoms with Gasteiger partial charge in [-0.25, -0.2) is 14.4 Å². The molecule has 2 aliphatic rings. The van der Waals surface area contributed by atoms with Gasteiger partial charge in [0.1, 0.15) is 13.2 Å². The highest BCUT2D eigenvalue weighted by molar-refractivity contribution is 5.70. The van der Waals surface area contributed by atoms with E-state index in [4.69, 9.17) is 24.0 Å². The van der Waals surface area contributed by atoms with E-state index < -0.39 is 18.2 Å². The Bertz CT molecular complexity index is 879. The Hall–Kier alpha value is -2.56. The molecule has 11 nitrogen and oxygen atoms in total. The number of hydrogen-bond acceptors (Lipinski definition) is 9. The second-order valence-corrected chi connectivity index (χ2v) is 14.7. The van der Waals surface area contributed by atoms with Crippen LogP contribution in [0.4, 0.5) is 9.59 Å². The summed E-state index contributed by atoms with van der Waals surface area (Å²) in [5, 5.41) is 5.92. The van der Waals surface area contributed by atoms with Gasteiger partial charge in [-0.05, 0) is 86.9 Å². The molecule has 2 saturated carbocycles. The lowest BCUT2D eigenvalue weighted by atomic mass is 9.61. The molecule has 0 aromatic carbocycles. The maximum atomic E-state index is 12.4. The predicted molar refractivity (Wildman–Crippen MR) is 161 cm³/mol. The van der Waals surface area contributed by atoms with Crippen LogP contribution in [0.5, 0.6) is 0 Å². The molecule has 0 aliphatic heterocycles. The molecule has 0 saturated heterocycles. The van der Waals surface area contributed by atoms with Crippen LogP contribution in [0, 0.1) is 21.7 Å². The van der Waals surface area contributed by atoms with Gasteiger partial charge in [0.15, 0.2) is 0 Å². The van der Waals surface area contributed by atoms with Crippen LogP contribution in [0.3, 0.4) is 0 Å². The minimum atomic E-state index is -0.482. The lowest BCUT2D eigenvalue weighted by Gasteiger charge is -2.46. The minimum Gasteiger partial charge on any atom is -0.463 e. The van der Waals surface area contributed by atoms with Gasteiger partial charge in [-0.1, -0.05) is 41.5 Å². The zero-order valence-electron chi connectivity index (χ0n) is 27.7. The van der Waals surface area contributed by atoms with Crippen LogP contribution in [-0.2, 0) is 33.6 Å². The fourth-order valence-corrected chi connectivity index (χ4v) is 7.75. The van der Waals surface area contributed by atoms with Crippen LogP contribution in [0.2, 0.25) is 0 Å². The Labute approximate surface area is 257 Å². The standard InChI is InChI=1S/C32H56N2O9/c1-9-39-27(37)33-23-17-29(3,4)21-31(7,19-23)13-11-25(35)41-15-16-42-43-26(36)12-14-32(8)20-24(18-30(5,6)22-32)34-28(38)40-10-2/h23-24H,9-22H2,1-8H3,(H,33,37)(H,34,38). The van der Waals surface area contributed by atoms with Crippen LogP contribution < -0.4 is 10.6 Å². The highest BCUT2D eigenvalue weighted by Gasteiger charge is 2.43. The molecule has 4 atom stereocenters. The number of esters is 1. The quantitative estimate of drug-likeness (QED) is 0.0769. The number of nitrogens with one attached hydrogen (secondary N) is 2. The van der Waals surface area contributed by atoms with Crippen LogP contribution in [-0.4, -0.2) is 62.6 Å². The molecule has 248 valence electrons. The Morgan fingerprint density at radius 3 is 1.51 bits per heavy atom. The van der Waals surface area contributed by atoms with Gasteiger partial charge in [-0.2, -0.15) is 4.89 Å². The van der Waals surface area contributed by atoms with Gasteiger partial charge in [0.25, 0.3) is 0 Å². The highest BCUT2D eigenvalue weighted by atomic mass is 17.2. The molecule has 2 fully saturated rings. The third kappa shape index (κ3) is 13.7. The number of hydrogen-bond donors (Lipinski definition) is 2. The molecule has 0 spiro atoms. The molecule has 0 heterocycles. The topological polar surface area (TPSA) is 138 Å². The highest BCUT2D eigenvalue weighted by Crippen LogP contribution is 2.49. The van der Waals surface area contributed by atoms with Crippen molar-refractivity contribution in [3.63, 3.8) is 0 Å². The van der Waals surface area contributed by atoms with Gasteiger partial charge in [0, 0.05) is 24.9 Å². The molecule has 43 heavy (non-hydrogen) atoms. The third-order valence-electron chi connectivity index (χ3n) is 8.53. The van der Waals surface area contributed by atoms with Crippen LogP contribution in [0.25, 0.3) is 0 Å². The SMILES string of the molecule is CCOC(=O)NC1CC(C)(C)CC(C)(CCC(=O)OCCOOC(=O)CCC2(C)CC(NC(=O)OCC)CC(C)(C)C2)C1. The Morgan fingerprint density at radius 1 is 0.628 bits per heavy atom. The van der Waals surface area contributed by atoms with Crippen molar-refractivity contribution in [3.8, 4) is 0 Å². The summed E-state index contributed by atoms with van der Waals surface area (Å²) in [5.74, 6) is -0.821. The van der Waals surface area contributed by atoms with Gasteiger partial charge in [0.2, 0.25) is 0 Å². The summed E-state index contributed by atoms with van der Waals surface area (Å²) in [7, 11) is 0. The summed E-state index contributed by atoms with van der Waals surface area (Å²) in [4.78, 5) is 58.6. The van der Waals surface area contributed by atoms with Crippen molar-refractivity contribution >= 4 is 24.1 Å². The predicted octanol–water partition coefficient (Wildman–Crippen LogP) is 6.23. The average molecular weight is 613 g/mol. The van der Waals surface area contributed by atoms with Crippen molar-refractivity contribution in [1.29, 1.82) is 0 Å². The summed E-state index contributed by atoms with van der Waals surface area (Å²) >= 11 is 0. The van der Waals surface area contributed by atoms with E-state index in [0.29, 0.717) is 26.1 Å². The first kappa shape index (κ1) is 36.6. The van der Waals surface area contributed by atoms with E-state index in [0.717, 1.165) is 38.5 Å². The number of ether oxygens (including phenoxy) is 3. The molecular weight excluding hydrogens is 556 g/mol. The molecule has 2 N–H and O–H groups in total. The smallest absolute Gasteiger partial charge is 0.407 e. The molecule has 2 rings (SSSR count). The number of carbonyl (C=O) groups is 4. The Balaban J connectivity index is 1.68. The van der Waals surface area contributed by atoms with Crippen molar-refractivity contribution in [1.82, 2.24) is 10.6 Å². The molecule has 0 bridgehead atoms. The first-order valence-electron chi connectivity index (χ1n) is 15.8.